The third kappa shape index (κ3) is 5.16. The number of methoxy groups -OCH3 is 1. The van der Waals surface area contributed by atoms with Crippen LogP contribution in [0.4, 0.5) is 0 Å². The number of nitrogens with zero attached hydrogens (tertiary/aromatic N) is 4. The number of ether oxygens (including phenoxy) is 1. The minimum absolute atomic E-state index is 0.0390. The van der Waals surface area contributed by atoms with Crippen LogP contribution in [0.5, 0.6) is 5.75 Å². The van der Waals surface area contributed by atoms with Crippen molar-refractivity contribution in [1.82, 2.24) is 19.9 Å². The van der Waals surface area contributed by atoms with Crippen molar-refractivity contribution in [2.75, 3.05) is 27.2 Å². The van der Waals surface area contributed by atoms with Crippen molar-refractivity contribution in [3.05, 3.63) is 65.5 Å². The molecule has 1 aliphatic heterocycles. The van der Waals surface area contributed by atoms with E-state index in [2.05, 4.69) is 46.2 Å². The van der Waals surface area contributed by atoms with Gasteiger partial charge in [-0.15, -0.1) is 0 Å². The van der Waals surface area contributed by atoms with Crippen LogP contribution in [-0.4, -0.2) is 53.1 Å². The van der Waals surface area contributed by atoms with Gasteiger partial charge in [-0.1, -0.05) is 29.4 Å². The fraction of sp³-hybridized carbons (Fsp3) is 0.400. The van der Waals surface area contributed by atoms with Crippen LogP contribution in [0.2, 0.25) is 0 Å². The van der Waals surface area contributed by atoms with Crippen LogP contribution >= 0.6 is 0 Å². The van der Waals surface area contributed by atoms with Crippen LogP contribution in [-0.2, 0) is 17.9 Å². The van der Waals surface area contributed by atoms with Crippen LogP contribution in [0.15, 0.2) is 53.1 Å². The molecule has 32 heavy (non-hydrogen) atoms. The van der Waals surface area contributed by atoms with E-state index in [0.29, 0.717) is 18.3 Å². The first-order valence-corrected chi connectivity index (χ1v) is 11.0. The molecule has 7 heteroatoms. The van der Waals surface area contributed by atoms with E-state index >= 15 is 0 Å². The molecule has 4 rings (SSSR count). The van der Waals surface area contributed by atoms with Gasteiger partial charge in [-0.3, -0.25) is 9.69 Å². The Morgan fingerprint density at radius 3 is 2.56 bits per heavy atom. The Hall–Kier alpha value is -3.19. The molecule has 0 aliphatic carbocycles. The molecule has 168 valence electrons. The molecule has 1 aliphatic rings. The van der Waals surface area contributed by atoms with Gasteiger partial charge >= 0.3 is 0 Å². The van der Waals surface area contributed by atoms with Crippen LogP contribution in [0.1, 0.15) is 29.9 Å². The molecule has 2 aromatic carbocycles. The second kappa shape index (κ2) is 9.96. The normalized spacial score (nSPS) is 15.0. The Morgan fingerprint density at radius 2 is 1.88 bits per heavy atom. The average molecular weight is 435 g/mol. The maximum Gasteiger partial charge on any atom is 0.246 e. The Labute approximate surface area is 189 Å². The molecule has 2 heterocycles. The van der Waals surface area contributed by atoms with Crippen molar-refractivity contribution >= 4 is 5.91 Å². The van der Waals surface area contributed by atoms with Gasteiger partial charge in [0.25, 0.3) is 0 Å². The standard InChI is InChI=1S/C25H30N4O3/c1-18-6-4-5-7-21(18)16-29-14-12-20(13-15-29)25(30)28(2)17-23-26-24(27-32-23)19-8-10-22(31-3)11-9-19/h4-11,20H,12-17H2,1-3H3. The summed E-state index contributed by atoms with van der Waals surface area (Å²) in [6, 6.07) is 16.0. The highest BCUT2D eigenvalue weighted by molar-refractivity contribution is 5.78. The molecular formula is C25H30N4O3. The second-order valence-corrected chi connectivity index (χ2v) is 8.41. The van der Waals surface area contributed by atoms with E-state index in [9.17, 15) is 4.79 Å². The molecule has 3 aromatic rings. The Kier molecular flexibility index (Phi) is 6.85. The van der Waals surface area contributed by atoms with E-state index in [4.69, 9.17) is 9.26 Å². The third-order valence-corrected chi connectivity index (χ3v) is 6.16. The van der Waals surface area contributed by atoms with Gasteiger partial charge in [-0.2, -0.15) is 4.98 Å². The van der Waals surface area contributed by atoms with Crippen molar-refractivity contribution in [3.8, 4) is 17.1 Å². The Bertz CT molecular complexity index is 1040. The lowest BCUT2D eigenvalue weighted by molar-refractivity contribution is -0.136. The monoisotopic (exact) mass is 434 g/mol. The van der Waals surface area contributed by atoms with Crippen LogP contribution in [0.25, 0.3) is 11.4 Å². The maximum atomic E-state index is 13.0. The predicted octanol–water partition coefficient (Wildman–Crippen LogP) is 3.92. The van der Waals surface area contributed by atoms with Crippen LogP contribution in [0.3, 0.4) is 0 Å². The summed E-state index contributed by atoms with van der Waals surface area (Å²) >= 11 is 0. The van der Waals surface area contributed by atoms with E-state index in [-0.39, 0.29) is 11.8 Å². The number of benzene rings is 2. The van der Waals surface area contributed by atoms with E-state index in [1.165, 1.54) is 11.1 Å². The van der Waals surface area contributed by atoms with Gasteiger partial charge in [-0.25, -0.2) is 0 Å². The number of piperidine rings is 1. The topological polar surface area (TPSA) is 71.7 Å². The lowest BCUT2D eigenvalue weighted by Gasteiger charge is -2.33. The van der Waals surface area contributed by atoms with E-state index < -0.39 is 0 Å². The molecule has 0 unspecified atom stereocenters. The smallest absolute Gasteiger partial charge is 0.246 e. The molecule has 0 saturated carbocycles. The SMILES string of the molecule is COc1ccc(-c2noc(CN(C)C(=O)C3CCN(Cc4ccccc4C)CC3)n2)cc1. The molecule has 7 nitrogen and oxygen atoms in total. The molecule has 1 fully saturated rings. The van der Waals surface area contributed by atoms with Gasteiger partial charge in [-0.05, 0) is 68.2 Å². The number of amides is 1. The highest BCUT2D eigenvalue weighted by Crippen LogP contribution is 2.23. The first kappa shape index (κ1) is 22.0. The lowest BCUT2D eigenvalue weighted by atomic mass is 9.94. The summed E-state index contributed by atoms with van der Waals surface area (Å²) < 4.78 is 10.6. The zero-order valence-electron chi connectivity index (χ0n) is 19.0. The van der Waals surface area contributed by atoms with Crippen molar-refractivity contribution in [3.63, 3.8) is 0 Å². The number of carbonyl (C=O) groups is 1. The van der Waals surface area contributed by atoms with E-state index in [1.807, 2.05) is 24.3 Å². The predicted molar refractivity (Wildman–Crippen MR) is 122 cm³/mol. The van der Waals surface area contributed by atoms with Crippen molar-refractivity contribution in [2.45, 2.75) is 32.9 Å². The Balaban J connectivity index is 1.29. The summed E-state index contributed by atoms with van der Waals surface area (Å²) in [6.45, 7) is 5.27. The number of aryl methyl sites for hydroxylation is 1. The van der Waals surface area contributed by atoms with Gasteiger partial charge in [0.1, 0.15) is 5.75 Å². The minimum Gasteiger partial charge on any atom is -0.497 e. The molecule has 0 atom stereocenters. The molecule has 0 bridgehead atoms. The van der Waals surface area contributed by atoms with Gasteiger partial charge in [0.05, 0.1) is 13.7 Å². The summed E-state index contributed by atoms with van der Waals surface area (Å²) in [6.07, 6.45) is 1.74. The van der Waals surface area contributed by atoms with E-state index in [0.717, 1.165) is 43.8 Å². The molecule has 0 N–H and O–H groups in total. The van der Waals surface area contributed by atoms with Crippen molar-refractivity contribution in [1.29, 1.82) is 0 Å². The number of carbonyl (C=O) groups excluding carboxylic acids is 1. The van der Waals surface area contributed by atoms with Crippen LogP contribution in [0, 0.1) is 12.8 Å². The van der Waals surface area contributed by atoms with Gasteiger partial charge in [0, 0.05) is 25.1 Å². The fourth-order valence-corrected chi connectivity index (χ4v) is 4.14. The number of hydrogen-bond acceptors (Lipinski definition) is 6. The van der Waals surface area contributed by atoms with E-state index in [1.54, 1.807) is 19.1 Å². The Morgan fingerprint density at radius 1 is 1.16 bits per heavy atom. The zero-order valence-corrected chi connectivity index (χ0v) is 19.0. The molecule has 1 amide bonds. The first-order valence-electron chi connectivity index (χ1n) is 11.0. The average Bonchev–Trinajstić information content (AvgIpc) is 3.29. The maximum absolute atomic E-state index is 13.0. The molecule has 1 aromatic heterocycles. The first-order chi connectivity index (χ1) is 15.5. The highest BCUT2D eigenvalue weighted by Gasteiger charge is 2.28. The summed E-state index contributed by atoms with van der Waals surface area (Å²) in [7, 11) is 3.43. The number of aromatic nitrogens is 2. The van der Waals surface area contributed by atoms with Crippen molar-refractivity contribution in [2.24, 2.45) is 5.92 Å². The van der Waals surface area contributed by atoms with Gasteiger partial charge in [0.15, 0.2) is 0 Å². The van der Waals surface area contributed by atoms with Crippen LogP contribution < -0.4 is 4.74 Å². The van der Waals surface area contributed by atoms with Gasteiger partial charge in [0.2, 0.25) is 17.6 Å². The third-order valence-electron chi connectivity index (χ3n) is 6.16. The highest BCUT2D eigenvalue weighted by atomic mass is 16.5. The summed E-state index contributed by atoms with van der Waals surface area (Å²) in [5.41, 5.74) is 3.52. The summed E-state index contributed by atoms with van der Waals surface area (Å²) in [4.78, 5) is 21.6. The largest absolute Gasteiger partial charge is 0.497 e. The molecule has 0 radical (unpaired) electrons. The molecule has 0 spiro atoms. The number of likely N-dealkylation sites (tertiary alicyclic amines) is 1. The summed E-state index contributed by atoms with van der Waals surface area (Å²) in [5, 5.41) is 4.05. The quantitative estimate of drug-likeness (QED) is 0.561. The fourth-order valence-electron chi connectivity index (χ4n) is 4.14. The second-order valence-electron chi connectivity index (χ2n) is 8.41. The minimum atomic E-state index is 0.0390. The number of hydrogen-bond donors (Lipinski definition) is 0. The zero-order chi connectivity index (χ0) is 22.5. The summed E-state index contributed by atoms with van der Waals surface area (Å²) in [5.74, 6) is 1.89. The lowest BCUT2D eigenvalue weighted by Crippen LogP contribution is -2.40. The molecule has 1 saturated heterocycles. The van der Waals surface area contributed by atoms with Crippen molar-refractivity contribution < 1.29 is 14.1 Å². The number of rotatable bonds is 7. The van der Waals surface area contributed by atoms with Gasteiger partial charge < -0.3 is 14.2 Å². The molecular weight excluding hydrogens is 404 g/mol.